The van der Waals surface area contributed by atoms with E-state index >= 15 is 0 Å². The minimum absolute atomic E-state index is 0.0855. The van der Waals surface area contributed by atoms with Crippen LogP contribution >= 0.6 is 0 Å². The predicted molar refractivity (Wildman–Crippen MR) is 50.0 cm³/mol. The van der Waals surface area contributed by atoms with E-state index in [1.807, 2.05) is 0 Å². The highest BCUT2D eigenvalue weighted by Crippen LogP contribution is 2.25. The van der Waals surface area contributed by atoms with Crippen molar-refractivity contribution in [1.82, 2.24) is 5.32 Å². The molecular weight excluding hydrogens is 168 g/mol. The molecule has 0 bridgehead atoms. The van der Waals surface area contributed by atoms with Gasteiger partial charge in [0.25, 0.3) is 0 Å². The Kier molecular flexibility index (Phi) is 3.69. The van der Waals surface area contributed by atoms with Crippen LogP contribution in [-0.2, 0) is 4.79 Å². The fraction of sp³-hybridized carbons (Fsp3) is 0.889. The van der Waals surface area contributed by atoms with Crippen molar-refractivity contribution in [2.24, 2.45) is 11.7 Å². The van der Waals surface area contributed by atoms with E-state index in [9.17, 15) is 4.79 Å². The van der Waals surface area contributed by atoms with Crippen LogP contribution in [0.5, 0.6) is 0 Å². The second-order valence-electron chi connectivity index (χ2n) is 3.78. The maximum Gasteiger partial charge on any atom is 0.223 e. The molecule has 4 heteroatoms. The van der Waals surface area contributed by atoms with Crippen LogP contribution < -0.4 is 11.1 Å². The smallest absolute Gasteiger partial charge is 0.223 e. The molecule has 13 heavy (non-hydrogen) atoms. The van der Waals surface area contributed by atoms with Gasteiger partial charge >= 0.3 is 0 Å². The van der Waals surface area contributed by atoms with E-state index in [-0.39, 0.29) is 17.9 Å². The molecule has 0 aliphatic heterocycles. The van der Waals surface area contributed by atoms with Gasteiger partial charge < -0.3 is 16.2 Å². The summed E-state index contributed by atoms with van der Waals surface area (Å²) in [5.41, 5.74) is 5.56. The minimum Gasteiger partial charge on any atom is -0.392 e. The average Bonchev–Trinajstić information content (AvgIpc) is 1.96. The summed E-state index contributed by atoms with van der Waals surface area (Å²) in [4.78, 5) is 11.3. The third-order valence-corrected chi connectivity index (χ3v) is 2.61. The summed E-state index contributed by atoms with van der Waals surface area (Å²) >= 11 is 0. The summed E-state index contributed by atoms with van der Waals surface area (Å²) in [5, 5.41) is 11.8. The van der Waals surface area contributed by atoms with Crippen LogP contribution in [0.3, 0.4) is 0 Å². The lowest BCUT2D eigenvalue weighted by Gasteiger charge is -2.25. The summed E-state index contributed by atoms with van der Waals surface area (Å²) in [7, 11) is 0. The van der Waals surface area contributed by atoms with E-state index in [2.05, 4.69) is 5.32 Å². The Morgan fingerprint density at radius 3 is 2.69 bits per heavy atom. The van der Waals surface area contributed by atoms with E-state index in [0.29, 0.717) is 6.54 Å². The zero-order valence-electron chi connectivity index (χ0n) is 7.99. The van der Waals surface area contributed by atoms with Crippen LogP contribution in [0.1, 0.15) is 26.2 Å². The Labute approximate surface area is 78.5 Å². The van der Waals surface area contributed by atoms with Gasteiger partial charge in [0.1, 0.15) is 0 Å². The number of nitrogens with two attached hydrogens (primary N) is 1. The first-order valence-corrected chi connectivity index (χ1v) is 4.82. The number of nitrogens with one attached hydrogen (secondary N) is 1. The third-order valence-electron chi connectivity index (χ3n) is 2.61. The molecule has 76 valence electrons. The molecule has 1 amide bonds. The fourth-order valence-electron chi connectivity index (χ4n) is 1.20. The number of hydrogen-bond acceptors (Lipinski definition) is 3. The molecule has 0 aromatic carbocycles. The maximum absolute atomic E-state index is 11.3. The molecule has 2 atom stereocenters. The Morgan fingerprint density at radius 2 is 2.31 bits per heavy atom. The maximum atomic E-state index is 11.3. The van der Waals surface area contributed by atoms with Crippen LogP contribution in [0, 0.1) is 5.92 Å². The summed E-state index contributed by atoms with van der Waals surface area (Å²) in [6.07, 6.45) is 2.58. The number of carbonyl (C=O) groups excluding carboxylic acids is 1. The summed E-state index contributed by atoms with van der Waals surface area (Å²) in [6, 6.07) is -0.357. The van der Waals surface area contributed by atoms with Gasteiger partial charge in [0.05, 0.1) is 6.10 Å². The van der Waals surface area contributed by atoms with E-state index in [0.717, 1.165) is 19.3 Å². The largest absolute Gasteiger partial charge is 0.392 e. The lowest BCUT2D eigenvalue weighted by molar-refractivity contribution is -0.127. The Balaban J connectivity index is 2.14. The Morgan fingerprint density at radius 1 is 1.69 bits per heavy atom. The first kappa shape index (κ1) is 10.5. The summed E-state index contributed by atoms with van der Waals surface area (Å²) in [5.74, 6) is 0.281. The quantitative estimate of drug-likeness (QED) is 0.559. The molecule has 0 radical (unpaired) electrons. The topological polar surface area (TPSA) is 75.3 Å². The molecule has 1 fully saturated rings. The van der Waals surface area contributed by atoms with Crippen LogP contribution in [0.4, 0.5) is 0 Å². The van der Waals surface area contributed by atoms with Gasteiger partial charge in [0.15, 0.2) is 0 Å². The van der Waals surface area contributed by atoms with Gasteiger partial charge in [-0.05, 0) is 19.8 Å². The van der Waals surface area contributed by atoms with Gasteiger partial charge in [-0.3, -0.25) is 4.79 Å². The van der Waals surface area contributed by atoms with Crippen LogP contribution in [0.2, 0.25) is 0 Å². The van der Waals surface area contributed by atoms with Crippen molar-refractivity contribution in [2.75, 3.05) is 6.54 Å². The highest BCUT2D eigenvalue weighted by atomic mass is 16.3. The summed E-state index contributed by atoms with van der Waals surface area (Å²) in [6.45, 7) is 1.99. The van der Waals surface area contributed by atoms with Gasteiger partial charge in [-0.15, -0.1) is 0 Å². The number of hydrogen-bond donors (Lipinski definition) is 3. The second kappa shape index (κ2) is 4.58. The van der Waals surface area contributed by atoms with Crippen LogP contribution in [0.25, 0.3) is 0 Å². The molecule has 4 nitrogen and oxygen atoms in total. The van der Waals surface area contributed by atoms with Crippen LogP contribution in [0.15, 0.2) is 0 Å². The number of aliphatic hydroxyl groups is 1. The first-order valence-electron chi connectivity index (χ1n) is 4.82. The molecule has 0 spiro atoms. The van der Waals surface area contributed by atoms with Gasteiger partial charge in [-0.1, -0.05) is 6.42 Å². The minimum atomic E-state index is -0.568. The van der Waals surface area contributed by atoms with Crippen molar-refractivity contribution >= 4 is 5.91 Å². The second-order valence-corrected chi connectivity index (χ2v) is 3.78. The molecule has 2 unspecified atom stereocenters. The monoisotopic (exact) mass is 186 g/mol. The van der Waals surface area contributed by atoms with Gasteiger partial charge in [-0.25, -0.2) is 0 Å². The normalized spacial score (nSPS) is 21.8. The molecule has 0 aromatic rings. The zero-order valence-corrected chi connectivity index (χ0v) is 7.99. The Hall–Kier alpha value is -0.610. The zero-order chi connectivity index (χ0) is 9.84. The van der Waals surface area contributed by atoms with Gasteiger partial charge in [0, 0.05) is 18.5 Å². The van der Waals surface area contributed by atoms with E-state index in [4.69, 9.17) is 10.8 Å². The predicted octanol–water partition coefficient (Wildman–Crippen LogP) is -0.389. The average molecular weight is 186 g/mol. The van der Waals surface area contributed by atoms with Gasteiger partial charge in [-0.2, -0.15) is 0 Å². The third kappa shape index (κ3) is 2.97. The van der Waals surface area contributed by atoms with Crippen molar-refractivity contribution in [3.8, 4) is 0 Å². The molecule has 1 rings (SSSR count). The highest BCUT2D eigenvalue weighted by molar-refractivity contribution is 5.79. The first-order chi connectivity index (χ1) is 6.11. The van der Waals surface area contributed by atoms with E-state index in [1.54, 1.807) is 6.92 Å². The molecule has 0 saturated heterocycles. The lowest BCUT2D eigenvalue weighted by atomic mass is 9.85. The Bertz CT molecular complexity index is 178. The lowest BCUT2D eigenvalue weighted by Crippen LogP contribution is -2.46. The highest BCUT2D eigenvalue weighted by Gasteiger charge is 2.25. The number of carbonyl (C=O) groups is 1. The van der Waals surface area contributed by atoms with Crippen LogP contribution in [-0.4, -0.2) is 29.7 Å². The molecule has 1 aliphatic carbocycles. The van der Waals surface area contributed by atoms with Crippen molar-refractivity contribution in [1.29, 1.82) is 0 Å². The molecule has 4 N–H and O–H groups in total. The standard InChI is InChI=1S/C9H18N2O2/c1-6(12)8(10)5-11-9(13)7-3-2-4-7/h6-8,12H,2-5,10H2,1H3,(H,11,13). The molecule has 1 saturated carbocycles. The van der Waals surface area contributed by atoms with Crippen molar-refractivity contribution in [3.05, 3.63) is 0 Å². The van der Waals surface area contributed by atoms with Gasteiger partial charge in [0.2, 0.25) is 5.91 Å². The van der Waals surface area contributed by atoms with E-state index in [1.165, 1.54) is 0 Å². The summed E-state index contributed by atoms with van der Waals surface area (Å²) < 4.78 is 0. The fourth-order valence-corrected chi connectivity index (χ4v) is 1.20. The van der Waals surface area contributed by atoms with Crippen molar-refractivity contribution < 1.29 is 9.90 Å². The molecular formula is C9H18N2O2. The number of amides is 1. The van der Waals surface area contributed by atoms with Crippen molar-refractivity contribution in [3.63, 3.8) is 0 Å². The van der Waals surface area contributed by atoms with Crippen molar-refractivity contribution in [2.45, 2.75) is 38.3 Å². The number of aliphatic hydroxyl groups excluding tert-OH is 1. The van der Waals surface area contributed by atoms with E-state index < -0.39 is 6.10 Å². The molecule has 1 aliphatic rings. The number of rotatable bonds is 4. The SMILES string of the molecule is CC(O)C(N)CNC(=O)C1CCC1. The molecule has 0 heterocycles. The molecule has 0 aromatic heterocycles.